The summed E-state index contributed by atoms with van der Waals surface area (Å²) in [5, 5.41) is 14.1. The van der Waals surface area contributed by atoms with E-state index < -0.39 is 6.10 Å². The molecule has 5 nitrogen and oxygen atoms in total. The third-order valence-electron chi connectivity index (χ3n) is 9.21. The number of benzene rings is 2. The highest BCUT2D eigenvalue weighted by atomic mass is 16.7. The third-order valence-corrected chi connectivity index (χ3v) is 9.21. The van der Waals surface area contributed by atoms with Gasteiger partial charge in [0.1, 0.15) is 0 Å². The summed E-state index contributed by atoms with van der Waals surface area (Å²) in [7, 11) is 0. The van der Waals surface area contributed by atoms with E-state index >= 15 is 0 Å². The lowest BCUT2D eigenvalue weighted by molar-refractivity contribution is -0.308. The Bertz CT molecular complexity index is 998. The van der Waals surface area contributed by atoms with Gasteiger partial charge in [-0.05, 0) is 54.1 Å². The zero-order chi connectivity index (χ0) is 24.5. The molecular formula is C30H39NO4. The van der Waals surface area contributed by atoms with Crippen molar-refractivity contribution in [3.05, 3.63) is 71.8 Å². The lowest BCUT2D eigenvalue weighted by atomic mass is 9.46. The molecule has 2 saturated carbocycles. The second-order valence-corrected chi connectivity index (χ2v) is 11.4. The maximum absolute atomic E-state index is 13.0. The number of aliphatic hydroxyl groups is 1. The van der Waals surface area contributed by atoms with Gasteiger partial charge >= 0.3 is 0 Å². The molecule has 0 unspecified atom stereocenters. The molecule has 0 radical (unpaired) electrons. The summed E-state index contributed by atoms with van der Waals surface area (Å²) in [4.78, 5) is 13.0. The van der Waals surface area contributed by atoms with E-state index in [1.165, 1.54) is 5.56 Å². The van der Waals surface area contributed by atoms with Crippen LogP contribution in [0.25, 0.3) is 0 Å². The first-order valence-electron chi connectivity index (χ1n) is 13.2. The molecule has 0 aromatic heterocycles. The fraction of sp³-hybridized carbons (Fsp3) is 0.567. The number of hydrogen-bond donors (Lipinski definition) is 2. The number of fused-ring (bicyclic) bond motifs is 3. The second-order valence-electron chi connectivity index (χ2n) is 11.4. The first-order valence-corrected chi connectivity index (χ1v) is 13.2. The smallest absolute Gasteiger partial charge is 0.220 e. The minimum absolute atomic E-state index is 0.0196. The van der Waals surface area contributed by atoms with E-state index in [1.807, 2.05) is 36.4 Å². The Morgan fingerprint density at radius 1 is 0.971 bits per heavy atom. The summed E-state index contributed by atoms with van der Waals surface area (Å²) in [5.74, 6) is 0.310. The molecular weight excluding hydrogens is 438 g/mol. The van der Waals surface area contributed by atoms with Crippen molar-refractivity contribution in [1.82, 2.24) is 5.32 Å². The molecule has 2 aromatic carbocycles. The monoisotopic (exact) mass is 477 g/mol. The van der Waals surface area contributed by atoms with Gasteiger partial charge < -0.3 is 19.9 Å². The molecule has 2 aliphatic carbocycles. The summed E-state index contributed by atoms with van der Waals surface area (Å²) in [6.45, 7) is 5.79. The van der Waals surface area contributed by atoms with E-state index in [9.17, 15) is 9.90 Å². The van der Waals surface area contributed by atoms with Gasteiger partial charge in [-0.1, -0.05) is 74.5 Å². The van der Waals surface area contributed by atoms with Crippen LogP contribution in [-0.4, -0.2) is 36.1 Å². The molecule has 2 aromatic rings. The van der Waals surface area contributed by atoms with Crippen LogP contribution in [0.15, 0.2) is 60.7 Å². The van der Waals surface area contributed by atoms with Gasteiger partial charge in [0.15, 0.2) is 6.29 Å². The van der Waals surface area contributed by atoms with Crippen molar-refractivity contribution in [2.45, 2.75) is 77.4 Å². The zero-order valence-corrected chi connectivity index (χ0v) is 21.0. The Morgan fingerprint density at radius 3 is 2.37 bits per heavy atom. The number of nitrogens with one attached hydrogen (secondary N) is 1. The molecule has 0 bridgehead atoms. The standard InChI is InChI=1S/C30H39NO4/c1-29-16-15-26-30(2,20-34-28(35-26)17-21-9-5-3-6-10-21)25(29)14-13-24(32)23(29)18-27(33)31-19-22-11-7-4-8-12-22/h3-12,23-26,28,32H,13-20H2,1-2H3,(H,31,33)/t23-,24-,25+,26+,28-,29+,30+/m1/s1. The van der Waals surface area contributed by atoms with Gasteiger partial charge in [-0.3, -0.25) is 4.79 Å². The average Bonchev–Trinajstić information content (AvgIpc) is 2.86. The van der Waals surface area contributed by atoms with Crippen molar-refractivity contribution >= 4 is 5.91 Å². The van der Waals surface area contributed by atoms with Crippen LogP contribution in [0.1, 0.15) is 57.1 Å². The van der Waals surface area contributed by atoms with E-state index in [-0.39, 0.29) is 35.0 Å². The van der Waals surface area contributed by atoms with Gasteiger partial charge in [0.05, 0.1) is 18.8 Å². The maximum Gasteiger partial charge on any atom is 0.220 e. The van der Waals surface area contributed by atoms with Crippen LogP contribution in [0.3, 0.4) is 0 Å². The number of amides is 1. The molecule has 5 rings (SSSR count). The Morgan fingerprint density at radius 2 is 1.66 bits per heavy atom. The SMILES string of the molecule is C[C@@]12CO[C@@H](Cc3ccccc3)O[C@H]1CC[C@]1(C)[C@@H]2CC[C@@H](O)[C@H]1CC(=O)NCc1ccccc1. The van der Waals surface area contributed by atoms with Crippen LogP contribution in [0.4, 0.5) is 0 Å². The predicted molar refractivity (Wildman–Crippen MR) is 135 cm³/mol. The summed E-state index contributed by atoms with van der Waals surface area (Å²) in [6, 6.07) is 20.3. The van der Waals surface area contributed by atoms with Gasteiger partial charge in [-0.2, -0.15) is 0 Å². The van der Waals surface area contributed by atoms with E-state index in [0.717, 1.165) is 37.7 Å². The first-order chi connectivity index (χ1) is 16.9. The van der Waals surface area contributed by atoms with E-state index in [0.29, 0.717) is 25.5 Å². The minimum atomic E-state index is -0.449. The van der Waals surface area contributed by atoms with Gasteiger partial charge in [0.2, 0.25) is 5.91 Å². The van der Waals surface area contributed by atoms with E-state index in [4.69, 9.17) is 9.47 Å². The maximum atomic E-state index is 13.0. The largest absolute Gasteiger partial charge is 0.393 e. The van der Waals surface area contributed by atoms with Crippen molar-refractivity contribution in [3.63, 3.8) is 0 Å². The number of ether oxygens (including phenoxy) is 2. The van der Waals surface area contributed by atoms with Gasteiger partial charge in [0, 0.05) is 24.8 Å². The highest BCUT2D eigenvalue weighted by Gasteiger charge is 2.61. The number of aliphatic hydroxyl groups excluding tert-OH is 1. The molecule has 2 N–H and O–H groups in total. The number of hydrogen-bond acceptors (Lipinski definition) is 4. The minimum Gasteiger partial charge on any atom is -0.393 e. The molecule has 35 heavy (non-hydrogen) atoms. The van der Waals surface area contributed by atoms with Gasteiger partial charge in [0.25, 0.3) is 0 Å². The molecule has 3 aliphatic rings. The number of carbonyl (C=O) groups is 1. The molecule has 1 aliphatic heterocycles. The lowest BCUT2D eigenvalue weighted by Gasteiger charge is -2.63. The lowest BCUT2D eigenvalue weighted by Crippen LogP contribution is -2.63. The highest BCUT2D eigenvalue weighted by molar-refractivity contribution is 5.76. The summed E-state index contributed by atoms with van der Waals surface area (Å²) < 4.78 is 12.9. The first kappa shape index (κ1) is 24.5. The average molecular weight is 478 g/mol. The number of rotatable bonds is 6. The second kappa shape index (κ2) is 10.0. The quantitative estimate of drug-likeness (QED) is 0.623. The van der Waals surface area contributed by atoms with Gasteiger partial charge in [-0.25, -0.2) is 0 Å². The molecule has 188 valence electrons. The van der Waals surface area contributed by atoms with Crippen molar-refractivity contribution < 1.29 is 19.4 Å². The molecule has 5 heteroatoms. The van der Waals surface area contributed by atoms with Crippen molar-refractivity contribution in [1.29, 1.82) is 0 Å². The van der Waals surface area contributed by atoms with Crippen LogP contribution in [0.5, 0.6) is 0 Å². The fourth-order valence-electron chi connectivity index (χ4n) is 7.27. The van der Waals surface area contributed by atoms with Crippen molar-refractivity contribution in [2.75, 3.05) is 6.61 Å². The molecule has 1 amide bonds. The van der Waals surface area contributed by atoms with Crippen LogP contribution in [0, 0.1) is 22.7 Å². The van der Waals surface area contributed by atoms with Crippen LogP contribution >= 0.6 is 0 Å². The van der Waals surface area contributed by atoms with Gasteiger partial charge in [-0.15, -0.1) is 0 Å². The summed E-state index contributed by atoms with van der Waals surface area (Å²) >= 11 is 0. The molecule has 7 atom stereocenters. The van der Waals surface area contributed by atoms with Crippen molar-refractivity contribution in [3.8, 4) is 0 Å². The Kier molecular flexibility index (Phi) is 7.02. The van der Waals surface area contributed by atoms with E-state index in [1.54, 1.807) is 0 Å². The molecule has 1 heterocycles. The van der Waals surface area contributed by atoms with Crippen LogP contribution in [-0.2, 0) is 27.2 Å². The zero-order valence-electron chi connectivity index (χ0n) is 21.0. The van der Waals surface area contributed by atoms with E-state index in [2.05, 4.69) is 43.4 Å². The molecule has 3 fully saturated rings. The highest BCUT2D eigenvalue weighted by Crippen LogP contribution is 2.62. The Balaban J connectivity index is 1.26. The summed E-state index contributed by atoms with van der Waals surface area (Å²) in [5.41, 5.74) is 2.08. The number of carbonyl (C=O) groups excluding carboxylic acids is 1. The molecule has 1 saturated heterocycles. The Labute approximate surface area is 209 Å². The fourth-order valence-corrected chi connectivity index (χ4v) is 7.27. The normalized spacial score (nSPS) is 36.6. The topological polar surface area (TPSA) is 67.8 Å². The van der Waals surface area contributed by atoms with Crippen LogP contribution < -0.4 is 5.32 Å². The van der Waals surface area contributed by atoms with Crippen LogP contribution in [0.2, 0.25) is 0 Å². The molecule has 0 spiro atoms. The summed E-state index contributed by atoms with van der Waals surface area (Å²) in [6.07, 6.45) is 4.18. The third kappa shape index (κ3) is 4.91. The van der Waals surface area contributed by atoms with Crippen molar-refractivity contribution in [2.24, 2.45) is 22.7 Å². The predicted octanol–water partition coefficient (Wildman–Crippen LogP) is 4.87. The Hall–Kier alpha value is -2.21.